The average molecular weight is 246 g/mol. The highest BCUT2D eigenvalue weighted by Gasteiger charge is 2.46. The molecule has 4 nitrogen and oxygen atoms in total. The summed E-state index contributed by atoms with van der Waals surface area (Å²) in [4.78, 5) is 12.3. The maximum Gasteiger partial charge on any atom is 0.276 e. The fourth-order valence-corrected chi connectivity index (χ4v) is 2.51. The van der Waals surface area contributed by atoms with Gasteiger partial charge in [0, 0.05) is 17.2 Å². The number of hydrazone groups is 1. The van der Waals surface area contributed by atoms with E-state index in [9.17, 15) is 9.90 Å². The van der Waals surface area contributed by atoms with Crippen LogP contribution in [0.15, 0.2) is 35.4 Å². The summed E-state index contributed by atoms with van der Waals surface area (Å²) in [6.07, 6.45) is 0.751. The monoisotopic (exact) mass is 246 g/mol. The van der Waals surface area contributed by atoms with Gasteiger partial charge < -0.3 is 5.11 Å². The first kappa shape index (κ1) is 12.8. The summed E-state index contributed by atoms with van der Waals surface area (Å²) in [6, 6.07) is 8.89. The zero-order valence-electron chi connectivity index (χ0n) is 10.9. The number of carbonyl (C=O) groups is 1. The number of hydrogen-bond acceptors (Lipinski definition) is 3. The highest BCUT2D eigenvalue weighted by atomic mass is 16.3. The fourth-order valence-electron chi connectivity index (χ4n) is 2.51. The maximum atomic E-state index is 12.3. The molecule has 0 saturated heterocycles. The minimum Gasteiger partial charge on any atom is -0.369 e. The highest BCUT2D eigenvalue weighted by Crippen LogP contribution is 2.33. The first-order chi connectivity index (χ1) is 8.48. The summed E-state index contributed by atoms with van der Waals surface area (Å²) in [5, 5.41) is 15.9. The molecule has 18 heavy (non-hydrogen) atoms. The lowest BCUT2D eigenvalue weighted by Crippen LogP contribution is -2.48. The van der Waals surface area contributed by atoms with Crippen molar-refractivity contribution >= 4 is 11.6 Å². The summed E-state index contributed by atoms with van der Waals surface area (Å²) < 4.78 is 0. The molecule has 0 radical (unpaired) electrons. The number of hydrogen-bond donors (Lipinski definition) is 1. The molecule has 1 N–H and O–H groups in total. The third-order valence-electron chi connectivity index (χ3n) is 3.47. The van der Waals surface area contributed by atoms with Crippen LogP contribution in [0.25, 0.3) is 0 Å². The molecule has 0 aromatic heterocycles. The van der Waals surface area contributed by atoms with E-state index in [2.05, 4.69) is 5.10 Å². The van der Waals surface area contributed by atoms with Crippen molar-refractivity contribution in [1.82, 2.24) is 5.01 Å². The van der Waals surface area contributed by atoms with Crippen molar-refractivity contribution in [2.45, 2.75) is 32.9 Å². The van der Waals surface area contributed by atoms with Gasteiger partial charge >= 0.3 is 0 Å². The topological polar surface area (TPSA) is 52.9 Å². The van der Waals surface area contributed by atoms with Gasteiger partial charge in [0.1, 0.15) is 0 Å². The van der Waals surface area contributed by atoms with Crippen molar-refractivity contribution in [3.05, 3.63) is 35.9 Å². The number of amides is 1. The lowest BCUT2D eigenvalue weighted by molar-refractivity contribution is -0.0831. The number of carbonyl (C=O) groups excluding carboxylic acids is 1. The van der Waals surface area contributed by atoms with E-state index in [0.29, 0.717) is 5.56 Å². The first-order valence-electron chi connectivity index (χ1n) is 6.15. The van der Waals surface area contributed by atoms with Crippen LogP contribution in [-0.4, -0.2) is 27.5 Å². The zero-order valence-corrected chi connectivity index (χ0v) is 10.9. The fraction of sp³-hybridized carbons (Fsp3) is 0.429. The third-order valence-corrected chi connectivity index (χ3v) is 3.47. The molecule has 2 rings (SSSR count). The molecule has 0 spiro atoms. The summed E-state index contributed by atoms with van der Waals surface area (Å²) >= 11 is 0. The van der Waals surface area contributed by atoms with Crippen LogP contribution in [0.5, 0.6) is 0 Å². The van der Waals surface area contributed by atoms with E-state index in [1.54, 1.807) is 31.2 Å². The Kier molecular flexibility index (Phi) is 3.22. The van der Waals surface area contributed by atoms with E-state index in [1.165, 1.54) is 5.01 Å². The molecule has 1 aliphatic heterocycles. The highest BCUT2D eigenvalue weighted by molar-refractivity contribution is 5.98. The van der Waals surface area contributed by atoms with Crippen LogP contribution in [0, 0.1) is 5.92 Å². The van der Waals surface area contributed by atoms with Crippen LogP contribution >= 0.6 is 0 Å². The molecule has 1 aromatic carbocycles. The third kappa shape index (κ3) is 1.93. The minimum atomic E-state index is -1.24. The lowest BCUT2D eigenvalue weighted by Gasteiger charge is -2.32. The molecule has 0 saturated carbocycles. The molecule has 96 valence electrons. The summed E-state index contributed by atoms with van der Waals surface area (Å²) in [7, 11) is 0. The number of nitrogens with zero attached hydrogens (tertiary/aromatic N) is 2. The Morgan fingerprint density at radius 1 is 1.44 bits per heavy atom. The van der Waals surface area contributed by atoms with E-state index in [0.717, 1.165) is 12.1 Å². The Morgan fingerprint density at radius 3 is 2.56 bits per heavy atom. The number of aliphatic hydroxyl groups is 1. The smallest absolute Gasteiger partial charge is 0.276 e. The molecule has 1 amide bonds. The SMILES string of the molecule is CCC1C(C)=NN(C(=O)c2ccccc2)C1(C)O. The largest absolute Gasteiger partial charge is 0.369 e. The van der Waals surface area contributed by atoms with Gasteiger partial charge in [-0.05, 0) is 32.4 Å². The van der Waals surface area contributed by atoms with Crippen LogP contribution in [0.1, 0.15) is 37.6 Å². The summed E-state index contributed by atoms with van der Waals surface area (Å²) in [6.45, 7) is 5.47. The Hall–Kier alpha value is -1.68. The molecule has 0 bridgehead atoms. The molecule has 1 aliphatic rings. The normalized spacial score (nSPS) is 27.2. The zero-order chi connectivity index (χ0) is 13.3. The molecule has 2 atom stereocenters. The van der Waals surface area contributed by atoms with Crippen LogP contribution in [0.2, 0.25) is 0 Å². The van der Waals surface area contributed by atoms with E-state index < -0.39 is 5.72 Å². The molecular weight excluding hydrogens is 228 g/mol. The van der Waals surface area contributed by atoms with Gasteiger partial charge in [-0.1, -0.05) is 25.1 Å². The second-order valence-electron chi connectivity index (χ2n) is 4.78. The Balaban J connectivity index is 2.33. The van der Waals surface area contributed by atoms with Crippen molar-refractivity contribution in [1.29, 1.82) is 0 Å². The van der Waals surface area contributed by atoms with Gasteiger partial charge in [0.05, 0.1) is 0 Å². The second-order valence-corrected chi connectivity index (χ2v) is 4.78. The van der Waals surface area contributed by atoms with Crippen molar-refractivity contribution < 1.29 is 9.90 Å². The predicted octanol–water partition coefficient (Wildman–Crippen LogP) is 2.25. The molecular formula is C14H18N2O2. The van der Waals surface area contributed by atoms with Gasteiger partial charge in [0.25, 0.3) is 5.91 Å². The first-order valence-corrected chi connectivity index (χ1v) is 6.15. The van der Waals surface area contributed by atoms with Crippen molar-refractivity contribution in [3.8, 4) is 0 Å². The second kappa shape index (κ2) is 4.53. The van der Waals surface area contributed by atoms with Crippen molar-refractivity contribution in [2.75, 3.05) is 0 Å². The number of rotatable bonds is 2. The van der Waals surface area contributed by atoms with Crippen molar-refractivity contribution in [3.63, 3.8) is 0 Å². The standard InChI is InChI=1S/C14H18N2O2/c1-4-12-10(2)15-16(14(12,3)18)13(17)11-8-6-5-7-9-11/h5-9,12,18H,4H2,1-3H3. The molecule has 4 heteroatoms. The quantitative estimate of drug-likeness (QED) is 0.870. The Labute approximate surface area is 107 Å². The van der Waals surface area contributed by atoms with Gasteiger partial charge in [-0.25, -0.2) is 0 Å². The number of benzene rings is 1. The van der Waals surface area contributed by atoms with Crippen molar-refractivity contribution in [2.24, 2.45) is 11.0 Å². The minimum absolute atomic E-state index is 0.106. The maximum absolute atomic E-state index is 12.3. The average Bonchev–Trinajstić information content (AvgIpc) is 2.59. The molecule has 1 heterocycles. The van der Waals surface area contributed by atoms with Gasteiger partial charge in [0.2, 0.25) is 0 Å². The Bertz CT molecular complexity index is 480. The summed E-state index contributed by atoms with van der Waals surface area (Å²) in [5.41, 5.74) is 0.0871. The van der Waals surface area contributed by atoms with Crippen LogP contribution in [-0.2, 0) is 0 Å². The molecule has 0 fully saturated rings. The van der Waals surface area contributed by atoms with Crippen LogP contribution in [0.3, 0.4) is 0 Å². The molecule has 0 aliphatic carbocycles. The molecule has 2 unspecified atom stereocenters. The Morgan fingerprint density at radius 2 is 2.06 bits per heavy atom. The summed E-state index contributed by atoms with van der Waals surface area (Å²) in [5.74, 6) is -0.374. The van der Waals surface area contributed by atoms with E-state index in [4.69, 9.17) is 0 Å². The van der Waals surface area contributed by atoms with Crippen LogP contribution in [0.4, 0.5) is 0 Å². The lowest BCUT2D eigenvalue weighted by atomic mass is 9.91. The van der Waals surface area contributed by atoms with E-state index in [1.807, 2.05) is 19.9 Å². The molecule has 1 aromatic rings. The van der Waals surface area contributed by atoms with Crippen LogP contribution < -0.4 is 0 Å². The van der Waals surface area contributed by atoms with Gasteiger partial charge in [-0.3, -0.25) is 4.79 Å². The van der Waals surface area contributed by atoms with E-state index in [-0.39, 0.29) is 11.8 Å². The van der Waals surface area contributed by atoms with E-state index >= 15 is 0 Å². The van der Waals surface area contributed by atoms with Gasteiger partial charge in [0.15, 0.2) is 5.72 Å². The predicted molar refractivity (Wildman–Crippen MR) is 70.1 cm³/mol. The van der Waals surface area contributed by atoms with Gasteiger partial charge in [-0.2, -0.15) is 10.1 Å². The van der Waals surface area contributed by atoms with Gasteiger partial charge in [-0.15, -0.1) is 0 Å².